The van der Waals surface area contributed by atoms with Gasteiger partial charge in [-0.2, -0.15) is 0 Å². The molecule has 0 saturated carbocycles. The van der Waals surface area contributed by atoms with Crippen molar-refractivity contribution in [1.82, 2.24) is 0 Å². The van der Waals surface area contributed by atoms with Gasteiger partial charge in [0.2, 0.25) is 0 Å². The number of carbonyl (C=O) groups excluding carboxylic acids is 1. The van der Waals surface area contributed by atoms with Crippen molar-refractivity contribution in [2.24, 2.45) is 0 Å². The van der Waals surface area contributed by atoms with Crippen LogP contribution in [0.25, 0.3) is 0 Å². The topological polar surface area (TPSA) is 119 Å². The number of sulfonamides is 2. The van der Waals surface area contributed by atoms with Gasteiger partial charge in [-0.1, -0.05) is 24.3 Å². The van der Waals surface area contributed by atoms with Crippen LogP contribution in [0.2, 0.25) is 0 Å². The van der Waals surface area contributed by atoms with Gasteiger partial charge in [0, 0.05) is 6.54 Å². The summed E-state index contributed by atoms with van der Waals surface area (Å²) in [6, 6.07) is 17.8. The van der Waals surface area contributed by atoms with Crippen LogP contribution in [0, 0.1) is 0 Å². The molecule has 0 spiro atoms. The molecule has 34 heavy (non-hydrogen) atoms. The number of ether oxygens (including phenoxy) is 2. The highest BCUT2D eigenvalue weighted by molar-refractivity contribution is 7.93. The second-order valence-electron chi connectivity index (χ2n) is 6.99. The van der Waals surface area contributed by atoms with Gasteiger partial charge in [-0.25, -0.2) is 21.6 Å². The van der Waals surface area contributed by atoms with Crippen molar-refractivity contribution in [2.75, 3.05) is 29.8 Å². The Kier molecular flexibility index (Phi) is 7.48. The fraction of sp³-hybridized carbons (Fsp3) is 0.174. The van der Waals surface area contributed by atoms with Gasteiger partial charge in [-0.05, 0) is 55.5 Å². The van der Waals surface area contributed by atoms with Crippen molar-refractivity contribution in [2.45, 2.75) is 16.7 Å². The lowest BCUT2D eigenvalue weighted by atomic mass is 10.2. The Labute approximate surface area is 199 Å². The number of hydrogen-bond donors (Lipinski definition) is 1. The second kappa shape index (κ2) is 10.1. The smallest absolute Gasteiger partial charge is 0.337 e. The first kappa shape index (κ1) is 25.1. The minimum absolute atomic E-state index is 0.0510. The molecule has 0 aliphatic carbocycles. The molecule has 1 N–H and O–H groups in total. The monoisotopic (exact) mass is 504 g/mol. The highest BCUT2D eigenvalue weighted by Crippen LogP contribution is 2.32. The molecule has 11 heteroatoms. The summed E-state index contributed by atoms with van der Waals surface area (Å²) < 4.78 is 66.2. The lowest BCUT2D eigenvalue weighted by Gasteiger charge is -2.23. The van der Waals surface area contributed by atoms with Gasteiger partial charge in [0.15, 0.2) is 0 Å². The summed E-state index contributed by atoms with van der Waals surface area (Å²) in [5, 5.41) is 0. The van der Waals surface area contributed by atoms with Crippen molar-refractivity contribution in [3.63, 3.8) is 0 Å². The minimum atomic E-state index is -4.20. The fourth-order valence-electron chi connectivity index (χ4n) is 3.25. The highest BCUT2D eigenvalue weighted by Gasteiger charge is 2.26. The number of benzene rings is 3. The Bertz CT molecular complexity index is 1390. The van der Waals surface area contributed by atoms with Crippen molar-refractivity contribution in [3.8, 4) is 5.75 Å². The molecule has 0 aliphatic heterocycles. The third-order valence-corrected chi connectivity index (χ3v) is 8.16. The number of nitrogens with zero attached hydrogens (tertiary/aromatic N) is 1. The largest absolute Gasteiger partial charge is 0.495 e. The SMILES string of the molecule is CCN(c1ccccc1)S(=O)(=O)c1ccc(OC)c(NS(=O)(=O)c2cccc(C(=O)OC)c2)c1. The van der Waals surface area contributed by atoms with Crippen LogP contribution in [0.4, 0.5) is 11.4 Å². The van der Waals surface area contributed by atoms with Gasteiger partial charge in [0.25, 0.3) is 20.0 Å². The summed E-state index contributed by atoms with van der Waals surface area (Å²) in [6.45, 7) is 1.87. The quantitative estimate of drug-likeness (QED) is 0.443. The number of esters is 1. The van der Waals surface area contributed by atoms with Crippen LogP contribution in [0.3, 0.4) is 0 Å². The Morgan fingerprint density at radius 1 is 0.882 bits per heavy atom. The molecule has 0 aliphatic rings. The van der Waals surface area contributed by atoms with E-state index in [0.29, 0.717) is 5.69 Å². The molecule has 0 unspecified atom stereocenters. The van der Waals surface area contributed by atoms with Crippen LogP contribution in [0.5, 0.6) is 5.75 Å². The number of carbonyl (C=O) groups is 1. The van der Waals surface area contributed by atoms with Gasteiger partial charge in [0.1, 0.15) is 5.75 Å². The molecule has 0 amide bonds. The molecule has 180 valence electrons. The summed E-state index contributed by atoms with van der Waals surface area (Å²) in [5.41, 5.74) is 0.453. The Hall–Kier alpha value is -3.57. The highest BCUT2D eigenvalue weighted by atomic mass is 32.2. The van der Waals surface area contributed by atoms with Crippen molar-refractivity contribution < 1.29 is 31.1 Å². The maximum atomic E-state index is 13.4. The summed E-state index contributed by atoms with van der Waals surface area (Å²) in [7, 11) is -5.69. The number of nitrogens with one attached hydrogen (secondary N) is 1. The van der Waals surface area contributed by atoms with Gasteiger partial charge in [-0.3, -0.25) is 9.03 Å². The van der Waals surface area contributed by atoms with Crippen LogP contribution >= 0.6 is 0 Å². The first-order valence-electron chi connectivity index (χ1n) is 10.1. The van der Waals surface area contributed by atoms with E-state index in [0.717, 1.165) is 6.07 Å². The Morgan fingerprint density at radius 2 is 1.59 bits per heavy atom. The lowest BCUT2D eigenvalue weighted by Crippen LogP contribution is -2.30. The first-order chi connectivity index (χ1) is 16.1. The van der Waals surface area contributed by atoms with Gasteiger partial charge < -0.3 is 9.47 Å². The molecule has 0 heterocycles. The molecule has 3 aromatic carbocycles. The molecule has 0 atom stereocenters. The molecule has 0 bridgehead atoms. The summed E-state index contributed by atoms with van der Waals surface area (Å²) in [5.74, 6) is -0.572. The van der Waals surface area contributed by atoms with Crippen LogP contribution in [0.1, 0.15) is 17.3 Å². The summed E-state index contributed by atoms with van der Waals surface area (Å²) >= 11 is 0. The van der Waals surface area contributed by atoms with Crippen LogP contribution in [-0.4, -0.2) is 43.6 Å². The van der Waals surface area contributed by atoms with Crippen molar-refractivity contribution in [3.05, 3.63) is 78.4 Å². The van der Waals surface area contributed by atoms with E-state index in [1.54, 1.807) is 37.3 Å². The van der Waals surface area contributed by atoms with E-state index in [2.05, 4.69) is 9.46 Å². The van der Waals surface area contributed by atoms with E-state index in [4.69, 9.17) is 4.74 Å². The van der Waals surface area contributed by atoms with E-state index >= 15 is 0 Å². The predicted molar refractivity (Wildman–Crippen MR) is 128 cm³/mol. The molecule has 3 rings (SSSR count). The number of para-hydroxylation sites is 1. The maximum absolute atomic E-state index is 13.4. The normalized spacial score (nSPS) is 11.5. The van der Waals surface area contributed by atoms with Gasteiger partial charge >= 0.3 is 5.97 Å². The Balaban J connectivity index is 2.03. The zero-order valence-corrected chi connectivity index (χ0v) is 20.4. The van der Waals surface area contributed by atoms with E-state index in [1.165, 1.54) is 54.9 Å². The van der Waals surface area contributed by atoms with Crippen LogP contribution in [-0.2, 0) is 24.8 Å². The molecular weight excluding hydrogens is 480 g/mol. The third kappa shape index (κ3) is 5.15. The zero-order valence-electron chi connectivity index (χ0n) is 18.8. The standard InChI is InChI=1S/C23H24N2O7S2/c1-4-25(18-10-6-5-7-11-18)34(29,30)20-13-14-22(31-2)21(16-20)24-33(27,28)19-12-8-9-17(15-19)23(26)32-3/h5-16,24H,4H2,1-3H3. The summed E-state index contributed by atoms with van der Waals surface area (Å²) in [4.78, 5) is 11.5. The van der Waals surface area contributed by atoms with Gasteiger partial charge in [-0.15, -0.1) is 0 Å². The average molecular weight is 505 g/mol. The van der Waals surface area contributed by atoms with E-state index < -0.39 is 26.0 Å². The minimum Gasteiger partial charge on any atom is -0.495 e. The predicted octanol–water partition coefficient (Wildman–Crippen LogP) is 3.50. The molecule has 0 saturated heterocycles. The van der Waals surface area contributed by atoms with Gasteiger partial charge in [0.05, 0.1) is 40.9 Å². The molecule has 9 nitrogen and oxygen atoms in total. The third-order valence-electron chi connectivity index (χ3n) is 4.90. The van der Waals surface area contributed by atoms with Crippen molar-refractivity contribution >= 4 is 37.4 Å². The zero-order chi connectivity index (χ0) is 24.9. The maximum Gasteiger partial charge on any atom is 0.337 e. The molecular formula is C23H24N2O7S2. The summed E-state index contributed by atoms with van der Waals surface area (Å²) in [6.07, 6.45) is 0. The molecule has 3 aromatic rings. The Morgan fingerprint density at radius 3 is 2.21 bits per heavy atom. The van der Waals surface area contributed by atoms with Crippen molar-refractivity contribution in [1.29, 1.82) is 0 Å². The van der Waals surface area contributed by atoms with E-state index in [9.17, 15) is 21.6 Å². The molecule has 0 radical (unpaired) electrons. The average Bonchev–Trinajstić information content (AvgIpc) is 2.84. The number of hydrogen-bond acceptors (Lipinski definition) is 7. The van der Waals surface area contributed by atoms with Crippen LogP contribution < -0.4 is 13.8 Å². The van der Waals surface area contributed by atoms with E-state index in [1.807, 2.05) is 0 Å². The number of methoxy groups -OCH3 is 2. The number of rotatable bonds is 9. The first-order valence-corrected chi connectivity index (χ1v) is 13.0. The molecule has 0 aromatic heterocycles. The van der Waals surface area contributed by atoms with Crippen LogP contribution in [0.15, 0.2) is 82.6 Å². The molecule has 0 fully saturated rings. The number of anilines is 2. The second-order valence-corrected chi connectivity index (χ2v) is 10.5. The van der Waals surface area contributed by atoms with E-state index in [-0.39, 0.29) is 33.3 Å². The lowest BCUT2D eigenvalue weighted by molar-refractivity contribution is 0.0600. The fourth-order valence-corrected chi connectivity index (χ4v) is 5.86.